The fraction of sp³-hybridized carbons (Fsp3) is 0.667. The van der Waals surface area contributed by atoms with E-state index in [0.717, 1.165) is 17.5 Å². The zero-order chi connectivity index (χ0) is 15.1. The van der Waals surface area contributed by atoms with E-state index in [9.17, 15) is 9.59 Å². The van der Waals surface area contributed by atoms with Crippen LogP contribution in [0.4, 0.5) is 0 Å². The fourth-order valence-corrected chi connectivity index (χ4v) is 2.41. The first-order valence-electron chi connectivity index (χ1n) is 6.34. The van der Waals surface area contributed by atoms with Crippen LogP contribution in [0, 0.1) is 0 Å². The molecule has 0 unspecified atom stereocenters. The molecule has 0 aromatic rings. The number of nitrogens with one attached hydrogen (secondary N) is 1. The average Bonchev–Trinajstić information content (AvgIpc) is 2.81. The van der Waals surface area contributed by atoms with Gasteiger partial charge in [0.1, 0.15) is 5.25 Å². The van der Waals surface area contributed by atoms with E-state index >= 15 is 0 Å². The standard InChI is InChI=1S/C12H19N3O4S/c1-5-18-10(16)8-9(11(17)19-6-2)20-12(13-8)15-14-7(3)4/h8-9H,5-6H2,1-4H3,(H,13,15)/t8-,9+/m0/s1. The second kappa shape index (κ2) is 7.88. The number of hydrazone groups is 1. The maximum absolute atomic E-state index is 11.9. The third kappa shape index (κ3) is 4.52. The van der Waals surface area contributed by atoms with Gasteiger partial charge < -0.3 is 9.47 Å². The monoisotopic (exact) mass is 301 g/mol. The van der Waals surface area contributed by atoms with Crippen molar-refractivity contribution in [2.75, 3.05) is 13.2 Å². The minimum absolute atomic E-state index is 0.236. The molecule has 20 heavy (non-hydrogen) atoms. The molecule has 0 aromatic carbocycles. The summed E-state index contributed by atoms with van der Waals surface area (Å²) < 4.78 is 9.88. The lowest BCUT2D eigenvalue weighted by Crippen LogP contribution is -2.36. The van der Waals surface area contributed by atoms with E-state index in [4.69, 9.17) is 9.47 Å². The molecular weight excluding hydrogens is 282 g/mol. The molecule has 1 heterocycles. The molecule has 0 aromatic heterocycles. The van der Waals surface area contributed by atoms with Crippen molar-refractivity contribution in [3.8, 4) is 0 Å². The lowest BCUT2D eigenvalue weighted by atomic mass is 10.2. The summed E-state index contributed by atoms with van der Waals surface area (Å²) in [5, 5.41) is 3.67. The van der Waals surface area contributed by atoms with Crippen LogP contribution in [0.2, 0.25) is 0 Å². The van der Waals surface area contributed by atoms with Crippen molar-refractivity contribution in [3.05, 3.63) is 0 Å². The summed E-state index contributed by atoms with van der Waals surface area (Å²) in [6.07, 6.45) is 0. The van der Waals surface area contributed by atoms with E-state index in [1.54, 1.807) is 13.8 Å². The van der Waals surface area contributed by atoms with Crippen LogP contribution in [0.3, 0.4) is 0 Å². The minimum Gasteiger partial charge on any atom is -0.465 e. The van der Waals surface area contributed by atoms with Crippen molar-refractivity contribution in [1.29, 1.82) is 0 Å². The number of ether oxygens (including phenoxy) is 2. The highest BCUT2D eigenvalue weighted by Gasteiger charge is 2.42. The van der Waals surface area contributed by atoms with E-state index in [0.29, 0.717) is 5.17 Å². The highest BCUT2D eigenvalue weighted by atomic mass is 32.2. The smallest absolute Gasteiger partial charge is 0.332 e. The van der Waals surface area contributed by atoms with Gasteiger partial charge in [0.15, 0.2) is 11.2 Å². The number of nitrogens with zero attached hydrogens (tertiary/aromatic N) is 2. The maximum atomic E-state index is 11.9. The molecule has 0 saturated carbocycles. The Morgan fingerprint density at radius 3 is 2.40 bits per heavy atom. The van der Waals surface area contributed by atoms with Crippen LogP contribution in [0.15, 0.2) is 10.1 Å². The highest BCUT2D eigenvalue weighted by molar-refractivity contribution is 8.15. The molecule has 0 bridgehead atoms. The molecule has 1 rings (SSSR count). The van der Waals surface area contributed by atoms with Crippen molar-refractivity contribution < 1.29 is 19.1 Å². The molecule has 112 valence electrons. The molecular formula is C12H19N3O4S. The Hall–Kier alpha value is -1.57. The lowest BCUT2D eigenvalue weighted by molar-refractivity contribution is -0.150. The van der Waals surface area contributed by atoms with Gasteiger partial charge in [0, 0.05) is 5.71 Å². The van der Waals surface area contributed by atoms with Gasteiger partial charge in [-0.3, -0.25) is 10.2 Å². The van der Waals surface area contributed by atoms with Crippen molar-refractivity contribution in [2.24, 2.45) is 10.1 Å². The molecule has 1 N–H and O–H groups in total. The first kappa shape index (κ1) is 16.5. The largest absolute Gasteiger partial charge is 0.465 e. The van der Waals surface area contributed by atoms with Gasteiger partial charge in [-0.25, -0.2) is 9.79 Å². The molecule has 0 saturated heterocycles. The van der Waals surface area contributed by atoms with Crippen molar-refractivity contribution in [3.63, 3.8) is 0 Å². The third-order valence-corrected chi connectivity index (χ3v) is 3.33. The van der Waals surface area contributed by atoms with Crippen LogP contribution < -0.4 is 5.43 Å². The van der Waals surface area contributed by atoms with E-state index in [1.807, 2.05) is 13.8 Å². The number of aliphatic imine (C=N–C) groups is 1. The summed E-state index contributed by atoms with van der Waals surface area (Å²) in [6, 6.07) is -0.895. The Morgan fingerprint density at radius 2 is 1.85 bits per heavy atom. The second-order valence-corrected chi connectivity index (χ2v) is 5.22. The predicted molar refractivity (Wildman–Crippen MR) is 77.8 cm³/mol. The summed E-state index contributed by atoms with van der Waals surface area (Å²) in [5.41, 5.74) is 3.53. The SMILES string of the molecule is CCOC(=O)[C@H]1N=C(NN=C(C)C)S[C@H]1C(=O)OCC. The Balaban J connectivity index is 2.82. The molecule has 0 radical (unpaired) electrons. The molecule has 1 aliphatic rings. The van der Waals surface area contributed by atoms with Gasteiger partial charge in [-0.05, 0) is 27.7 Å². The van der Waals surface area contributed by atoms with Crippen LogP contribution in [0.1, 0.15) is 27.7 Å². The number of hydrogen-bond acceptors (Lipinski definition) is 8. The molecule has 1 aliphatic heterocycles. The Morgan fingerprint density at radius 1 is 1.25 bits per heavy atom. The van der Waals surface area contributed by atoms with E-state index in [2.05, 4.69) is 15.5 Å². The summed E-state index contributed by atoms with van der Waals surface area (Å²) in [5.74, 6) is -1.01. The molecule has 8 heteroatoms. The topological polar surface area (TPSA) is 89.4 Å². The lowest BCUT2D eigenvalue weighted by Gasteiger charge is -2.13. The normalized spacial score (nSPS) is 20.9. The number of hydrogen-bond donors (Lipinski definition) is 1. The van der Waals surface area contributed by atoms with Gasteiger partial charge >= 0.3 is 11.9 Å². The van der Waals surface area contributed by atoms with Gasteiger partial charge in [-0.15, -0.1) is 0 Å². The van der Waals surface area contributed by atoms with Crippen LogP contribution in [0.25, 0.3) is 0 Å². The summed E-state index contributed by atoms with van der Waals surface area (Å²) in [4.78, 5) is 27.8. The van der Waals surface area contributed by atoms with Crippen LogP contribution >= 0.6 is 11.8 Å². The van der Waals surface area contributed by atoms with Crippen LogP contribution in [-0.4, -0.2) is 47.3 Å². The van der Waals surface area contributed by atoms with Gasteiger partial charge in [0.05, 0.1) is 13.2 Å². The minimum atomic E-state index is -0.895. The van der Waals surface area contributed by atoms with Gasteiger partial charge in [0.25, 0.3) is 0 Å². The molecule has 0 aliphatic carbocycles. The number of carbonyl (C=O) groups is 2. The van der Waals surface area contributed by atoms with E-state index < -0.39 is 23.2 Å². The van der Waals surface area contributed by atoms with E-state index in [1.165, 1.54) is 0 Å². The maximum Gasteiger partial charge on any atom is 0.332 e. The fourth-order valence-electron chi connectivity index (χ4n) is 1.43. The zero-order valence-corrected chi connectivity index (χ0v) is 12.8. The Labute approximate surface area is 122 Å². The van der Waals surface area contributed by atoms with Gasteiger partial charge in [0.2, 0.25) is 0 Å². The van der Waals surface area contributed by atoms with E-state index in [-0.39, 0.29) is 13.2 Å². The predicted octanol–water partition coefficient (Wildman–Crippen LogP) is 0.938. The Kier molecular flexibility index (Phi) is 6.50. The molecule has 7 nitrogen and oxygen atoms in total. The van der Waals surface area contributed by atoms with Crippen molar-refractivity contribution in [1.82, 2.24) is 5.43 Å². The molecule has 2 atom stereocenters. The van der Waals surface area contributed by atoms with Crippen LogP contribution in [-0.2, 0) is 19.1 Å². The van der Waals surface area contributed by atoms with Gasteiger partial charge in [-0.2, -0.15) is 5.10 Å². The highest BCUT2D eigenvalue weighted by Crippen LogP contribution is 2.28. The second-order valence-electron chi connectivity index (χ2n) is 4.09. The molecule has 0 fully saturated rings. The first-order valence-corrected chi connectivity index (χ1v) is 7.22. The summed E-state index contributed by atoms with van der Waals surface area (Å²) in [7, 11) is 0. The van der Waals surface area contributed by atoms with Crippen LogP contribution in [0.5, 0.6) is 0 Å². The number of thioether (sulfide) groups is 1. The van der Waals surface area contributed by atoms with Crippen molar-refractivity contribution in [2.45, 2.75) is 39.0 Å². The summed E-state index contributed by atoms with van der Waals surface area (Å²) >= 11 is 1.12. The first-order chi connectivity index (χ1) is 9.49. The summed E-state index contributed by atoms with van der Waals surface area (Å²) in [6.45, 7) is 7.53. The zero-order valence-electron chi connectivity index (χ0n) is 12.0. The molecule has 0 spiro atoms. The van der Waals surface area contributed by atoms with Gasteiger partial charge in [-0.1, -0.05) is 11.8 Å². The molecule has 0 amide bonds. The number of carbonyl (C=O) groups excluding carboxylic acids is 2. The average molecular weight is 301 g/mol. The number of rotatable bonds is 5. The quantitative estimate of drug-likeness (QED) is 0.462. The number of esters is 2. The number of amidine groups is 1. The third-order valence-electron chi connectivity index (χ3n) is 2.20. The Bertz CT molecular complexity index is 432. The van der Waals surface area contributed by atoms with Crippen molar-refractivity contribution >= 4 is 34.6 Å².